The Morgan fingerprint density at radius 3 is 1.84 bits per heavy atom. The summed E-state index contributed by atoms with van der Waals surface area (Å²) in [6.45, 7) is -0.699. The van der Waals surface area contributed by atoms with Crippen molar-refractivity contribution < 1.29 is 40.3 Å². The van der Waals surface area contributed by atoms with Crippen molar-refractivity contribution in [3.63, 3.8) is 0 Å². The molecule has 15 heteroatoms. The van der Waals surface area contributed by atoms with E-state index in [1.54, 1.807) is 0 Å². The van der Waals surface area contributed by atoms with E-state index in [9.17, 15) is 21.6 Å². The number of hydrogen-bond acceptors (Lipinski definition) is 12. The van der Waals surface area contributed by atoms with Gasteiger partial charge in [-0.05, 0) is 18.2 Å². The highest BCUT2D eigenvalue weighted by molar-refractivity contribution is 7.90. The zero-order valence-electron chi connectivity index (χ0n) is 16.5. The minimum atomic E-state index is -3.74. The molecule has 0 aliphatic carbocycles. The molecule has 1 aromatic carbocycles. The summed E-state index contributed by atoms with van der Waals surface area (Å²) < 4.78 is 61.7. The topological polar surface area (TPSA) is 193 Å². The van der Waals surface area contributed by atoms with Gasteiger partial charge in [-0.15, -0.1) is 10.2 Å². The largest absolute Gasteiger partial charge is 0.480 e. The molecule has 0 amide bonds. The predicted octanol–water partition coefficient (Wildman–Crippen LogP) is 0.0463. The molecule has 3 rings (SSSR count). The fourth-order valence-corrected chi connectivity index (χ4v) is 3.07. The highest BCUT2D eigenvalue weighted by Crippen LogP contribution is 2.28. The Kier molecular flexibility index (Phi) is 6.39. The van der Waals surface area contributed by atoms with Crippen molar-refractivity contribution in [1.29, 1.82) is 0 Å². The van der Waals surface area contributed by atoms with Crippen LogP contribution in [0.1, 0.15) is 5.56 Å². The Morgan fingerprint density at radius 1 is 0.938 bits per heavy atom. The Labute approximate surface area is 181 Å². The van der Waals surface area contributed by atoms with Crippen molar-refractivity contribution in [3.05, 3.63) is 23.8 Å². The standard InChI is InChI=1S/C17H14N4O9S2/c1-31(24,25)16-20-18-14(29-16)11-6-10(4-3-5-28-9-13(22)23)7-12(8-11)15-19-21-17(30-15)32(2,26)27/h6-8H,5,9H2,1-2H3,(H,22,23). The van der Waals surface area contributed by atoms with Gasteiger partial charge in [0.1, 0.15) is 13.2 Å². The quantitative estimate of drug-likeness (QED) is 0.351. The SMILES string of the molecule is CS(=O)(=O)c1nnc(-c2cc(C#CCOCC(=O)O)cc(-c3nnc(S(C)(=O)=O)o3)c2)o1. The number of aromatic nitrogens is 4. The lowest BCUT2D eigenvalue weighted by Gasteiger charge is -2.01. The fourth-order valence-electron chi connectivity index (χ4n) is 2.23. The zero-order valence-corrected chi connectivity index (χ0v) is 18.1. The second kappa shape index (κ2) is 8.86. The zero-order chi connectivity index (χ0) is 23.5. The van der Waals surface area contributed by atoms with Gasteiger partial charge in [0.25, 0.3) is 0 Å². The summed E-state index contributed by atoms with van der Waals surface area (Å²) in [6, 6.07) is 4.41. The van der Waals surface area contributed by atoms with Crippen LogP contribution in [0.3, 0.4) is 0 Å². The predicted molar refractivity (Wildman–Crippen MR) is 105 cm³/mol. The van der Waals surface area contributed by atoms with E-state index in [-0.39, 0.29) is 29.5 Å². The number of carboxylic acids is 1. The Bertz CT molecular complexity index is 1360. The average Bonchev–Trinajstić information content (AvgIpc) is 3.36. The number of carboxylic acid groups (broad SMARTS) is 1. The summed E-state index contributed by atoms with van der Waals surface area (Å²) >= 11 is 0. The van der Waals surface area contributed by atoms with Gasteiger partial charge in [0.05, 0.1) is 0 Å². The molecule has 0 radical (unpaired) electrons. The minimum absolute atomic E-state index is 0.152. The van der Waals surface area contributed by atoms with Crippen molar-refractivity contribution >= 4 is 25.6 Å². The third kappa shape index (κ3) is 5.75. The summed E-state index contributed by atoms with van der Waals surface area (Å²) in [5.41, 5.74) is 0.800. The van der Waals surface area contributed by atoms with Crippen LogP contribution in [0, 0.1) is 11.8 Å². The smallest absolute Gasteiger partial charge is 0.335 e. The second-order valence-corrected chi connectivity index (χ2v) is 10.1. The lowest BCUT2D eigenvalue weighted by Crippen LogP contribution is -2.06. The first kappa shape index (κ1) is 23.1. The molecule has 0 fully saturated rings. The van der Waals surface area contributed by atoms with Crippen molar-refractivity contribution in [3.8, 4) is 34.7 Å². The van der Waals surface area contributed by atoms with Crippen molar-refractivity contribution in [2.75, 3.05) is 25.7 Å². The second-order valence-electron chi connectivity index (χ2n) is 6.28. The van der Waals surface area contributed by atoms with Gasteiger partial charge in [-0.25, -0.2) is 21.6 Å². The number of ether oxygens (including phenoxy) is 1. The van der Waals surface area contributed by atoms with Gasteiger partial charge in [0.15, 0.2) is 0 Å². The van der Waals surface area contributed by atoms with E-state index >= 15 is 0 Å². The van der Waals surface area contributed by atoms with Crippen LogP contribution in [0.5, 0.6) is 0 Å². The summed E-state index contributed by atoms with van der Waals surface area (Å²) in [7, 11) is -7.49. The monoisotopic (exact) mass is 482 g/mol. The number of carbonyl (C=O) groups is 1. The normalized spacial score (nSPS) is 11.7. The first-order chi connectivity index (χ1) is 14.9. The van der Waals surface area contributed by atoms with Crippen LogP contribution < -0.4 is 0 Å². The van der Waals surface area contributed by atoms with Crippen LogP contribution in [0.4, 0.5) is 0 Å². The third-order valence-corrected chi connectivity index (χ3v) is 5.11. The van der Waals surface area contributed by atoms with Crippen molar-refractivity contribution in [1.82, 2.24) is 20.4 Å². The molecular weight excluding hydrogens is 468 g/mol. The number of rotatable bonds is 7. The number of benzene rings is 1. The van der Waals surface area contributed by atoms with E-state index in [0.29, 0.717) is 5.56 Å². The summed E-state index contributed by atoms with van der Waals surface area (Å²) in [4.78, 5) is 10.5. The van der Waals surface area contributed by atoms with E-state index < -0.39 is 42.7 Å². The number of sulfone groups is 2. The van der Waals surface area contributed by atoms with Gasteiger partial charge in [0, 0.05) is 29.2 Å². The molecule has 168 valence electrons. The molecule has 3 aromatic rings. The molecule has 2 heterocycles. The lowest BCUT2D eigenvalue weighted by molar-refractivity contribution is -0.141. The van der Waals surface area contributed by atoms with Gasteiger partial charge >= 0.3 is 16.4 Å². The van der Waals surface area contributed by atoms with Crippen LogP contribution >= 0.6 is 0 Å². The Balaban J connectivity index is 2.04. The van der Waals surface area contributed by atoms with Gasteiger partial charge in [-0.1, -0.05) is 22.0 Å². The molecule has 0 saturated carbocycles. The van der Waals surface area contributed by atoms with E-state index in [0.717, 1.165) is 12.5 Å². The van der Waals surface area contributed by atoms with Gasteiger partial charge < -0.3 is 18.7 Å². The molecule has 0 aliphatic heterocycles. The molecule has 0 bridgehead atoms. The molecule has 2 aromatic heterocycles. The number of hydrogen-bond donors (Lipinski definition) is 1. The minimum Gasteiger partial charge on any atom is -0.480 e. The van der Waals surface area contributed by atoms with Gasteiger partial charge in [0.2, 0.25) is 31.5 Å². The lowest BCUT2D eigenvalue weighted by atomic mass is 10.1. The average molecular weight is 482 g/mol. The number of nitrogens with zero attached hydrogens (tertiary/aromatic N) is 4. The van der Waals surface area contributed by atoms with Crippen LogP contribution in [0.15, 0.2) is 37.5 Å². The highest BCUT2D eigenvalue weighted by atomic mass is 32.2. The molecule has 0 unspecified atom stereocenters. The molecule has 13 nitrogen and oxygen atoms in total. The third-order valence-electron chi connectivity index (χ3n) is 3.51. The molecule has 0 aliphatic rings. The van der Waals surface area contributed by atoms with Gasteiger partial charge in [-0.3, -0.25) is 0 Å². The molecule has 0 spiro atoms. The first-order valence-corrected chi connectivity index (χ1v) is 12.2. The summed E-state index contributed by atoms with van der Waals surface area (Å²) in [5.74, 6) is 3.89. The molecule has 0 atom stereocenters. The van der Waals surface area contributed by atoms with E-state index in [1.165, 1.54) is 18.2 Å². The maximum absolute atomic E-state index is 11.6. The van der Waals surface area contributed by atoms with Crippen LogP contribution in [-0.4, -0.2) is 74.0 Å². The number of aliphatic carboxylic acids is 1. The van der Waals surface area contributed by atoms with E-state index in [2.05, 4.69) is 32.2 Å². The van der Waals surface area contributed by atoms with Crippen molar-refractivity contribution in [2.24, 2.45) is 0 Å². The molecule has 1 N–H and O–H groups in total. The summed E-state index contributed by atoms with van der Waals surface area (Å²) in [5, 5.41) is 21.8. The van der Waals surface area contributed by atoms with Crippen LogP contribution in [-0.2, 0) is 29.2 Å². The summed E-state index contributed by atoms with van der Waals surface area (Å²) in [6.07, 6.45) is 1.81. The van der Waals surface area contributed by atoms with Crippen molar-refractivity contribution in [2.45, 2.75) is 10.4 Å². The maximum atomic E-state index is 11.6. The molecule has 0 saturated heterocycles. The van der Waals surface area contributed by atoms with E-state index in [1.807, 2.05) is 0 Å². The molecule has 32 heavy (non-hydrogen) atoms. The van der Waals surface area contributed by atoms with E-state index in [4.69, 9.17) is 18.7 Å². The fraction of sp³-hybridized carbons (Fsp3) is 0.235. The Hall–Kier alpha value is -3.61. The molecular formula is C17H14N4O9S2. The van der Waals surface area contributed by atoms with Gasteiger partial charge in [-0.2, -0.15) is 0 Å². The first-order valence-electron chi connectivity index (χ1n) is 8.45. The van der Waals surface area contributed by atoms with Crippen LogP contribution in [0.2, 0.25) is 0 Å². The Morgan fingerprint density at radius 2 is 1.44 bits per heavy atom. The maximum Gasteiger partial charge on any atom is 0.335 e. The van der Waals surface area contributed by atoms with Crippen LogP contribution in [0.25, 0.3) is 22.9 Å². The highest BCUT2D eigenvalue weighted by Gasteiger charge is 2.21.